The molecule has 1 aliphatic rings. The lowest BCUT2D eigenvalue weighted by molar-refractivity contribution is 0.0761. The van der Waals surface area contributed by atoms with Crippen molar-refractivity contribution in [1.82, 2.24) is 15.1 Å². The molecule has 1 aromatic rings. The van der Waals surface area contributed by atoms with Crippen molar-refractivity contribution >= 4 is 5.91 Å². The monoisotopic (exact) mass is 205 g/mol. The fraction of sp³-hybridized carbons (Fsp3) is 0.545. The second-order valence-electron chi connectivity index (χ2n) is 3.84. The van der Waals surface area contributed by atoms with Gasteiger partial charge in [0.25, 0.3) is 5.91 Å². The van der Waals surface area contributed by atoms with Crippen LogP contribution in [0, 0.1) is 0 Å². The molecule has 15 heavy (non-hydrogen) atoms. The molecule has 1 fully saturated rings. The molecule has 4 nitrogen and oxygen atoms in total. The van der Waals surface area contributed by atoms with E-state index in [4.69, 9.17) is 0 Å². The number of rotatable bonds is 1. The van der Waals surface area contributed by atoms with E-state index in [0.717, 1.165) is 25.9 Å². The SMILES string of the molecule is O=C(c1ccnnc1)N1CCCCCC1. The van der Waals surface area contributed by atoms with Crippen LogP contribution in [-0.2, 0) is 0 Å². The Bertz CT molecular complexity index is 318. The Balaban J connectivity index is 2.06. The van der Waals surface area contributed by atoms with Crippen molar-refractivity contribution in [3.05, 3.63) is 24.0 Å². The van der Waals surface area contributed by atoms with E-state index in [0.29, 0.717) is 5.56 Å². The Labute approximate surface area is 89.3 Å². The first-order chi connectivity index (χ1) is 7.38. The van der Waals surface area contributed by atoms with E-state index in [1.807, 2.05) is 4.90 Å². The Morgan fingerprint density at radius 2 is 1.87 bits per heavy atom. The maximum Gasteiger partial charge on any atom is 0.255 e. The van der Waals surface area contributed by atoms with Crippen LogP contribution in [0.3, 0.4) is 0 Å². The van der Waals surface area contributed by atoms with Gasteiger partial charge in [0.2, 0.25) is 0 Å². The smallest absolute Gasteiger partial charge is 0.255 e. The first-order valence-corrected chi connectivity index (χ1v) is 5.44. The quantitative estimate of drug-likeness (QED) is 0.697. The molecule has 2 rings (SSSR count). The van der Waals surface area contributed by atoms with Gasteiger partial charge in [-0.05, 0) is 18.9 Å². The lowest BCUT2D eigenvalue weighted by Crippen LogP contribution is -2.31. The van der Waals surface area contributed by atoms with Crippen LogP contribution >= 0.6 is 0 Å². The highest BCUT2D eigenvalue weighted by molar-refractivity contribution is 5.93. The molecule has 0 aliphatic carbocycles. The highest BCUT2D eigenvalue weighted by Gasteiger charge is 2.16. The molecule has 1 saturated heterocycles. The summed E-state index contributed by atoms with van der Waals surface area (Å²) in [5, 5.41) is 7.40. The highest BCUT2D eigenvalue weighted by Crippen LogP contribution is 2.12. The summed E-state index contributed by atoms with van der Waals surface area (Å²) >= 11 is 0. The molecule has 0 unspecified atom stereocenters. The normalized spacial score (nSPS) is 17.2. The summed E-state index contributed by atoms with van der Waals surface area (Å²) in [7, 11) is 0. The number of aromatic nitrogens is 2. The topological polar surface area (TPSA) is 46.1 Å². The van der Waals surface area contributed by atoms with Crippen molar-refractivity contribution in [3.63, 3.8) is 0 Å². The predicted octanol–water partition coefficient (Wildman–Crippen LogP) is 1.49. The van der Waals surface area contributed by atoms with Gasteiger partial charge in [-0.2, -0.15) is 10.2 Å². The molecule has 4 heteroatoms. The van der Waals surface area contributed by atoms with Crippen molar-refractivity contribution in [2.24, 2.45) is 0 Å². The van der Waals surface area contributed by atoms with E-state index in [9.17, 15) is 4.79 Å². The number of hydrogen-bond donors (Lipinski definition) is 0. The molecule has 0 radical (unpaired) electrons. The Kier molecular flexibility index (Phi) is 3.27. The molecule has 0 saturated carbocycles. The van der Waals surface area contributed by atoms with E-state index < -0.39 is 0 Å². The number of carbonyl (C=O) groups is 1. The first kappa shape index (κ1) is 10.1. The minimum atomic E-state index is 0.0896. The number of carbonyl (C=O) groups excluding carboxylic acids is 1. The van der Waals surface area contributed by atoms with Crippen LogP contribution in [0.15, 0.2) is 18.5 Å². The molecular formula is C11H15N3O. The van der Waals surface area contributed by atoms with Crippen LogP contribution in [0.2, 0.25) is 0 Å². The van der Waals surface area contributed by atoms with Crippen LogP contribution < -0.4 is 0 Å². The zero-order valence-corrected chi connectivity index (χ0v) is 8.72. The maximum absolute atomic E-state index is 12.0. The Hall–Kier alpha value is -1.45. The van der Waals surface area contributed by atoms with Crippen LogP contribution in [0.4, 0.5) is 0 Å². The molecule has 1 amide bonds. The predicted molar refractivity (Wildman–Crippen MR) is 56.4 cm³/mol. The average Bonchev–Trinajstić information content (AvgIpc) is 2.58. The molecular weight excluding hydrogens is 190 g/mol. The van der Waals surface area contributed by atoms with Crippen LogP contribution in [-0.4, -0.2) is 34.1 Å². The second kappa shape index (κ2) is 4.87. The van der Waals surface area contributed by atoms with Gasteiger partial charge in [0.1, 0.15) is 0 Å². The molecule has 1 aliphatic heterocycles. The van der Waals surface area contributed by atoms with Crippen molar-refractivity contribution in [3.8, 4) is 0 Å². The van der Waals surface area contributed by atoms with E-state index in [2.05, 4.69) is 10.2 Å². The van der Waals surface area contributed by atoms with Crippen molar-refractivity contribution in [2.75, 3.05) is 13.1 Å². The molecule has 0 spiro atoms. The van der Waals surface area contributed by atoms with Gasteiger partial charge in [0.15, 0.2) is 0 Å². The second-order valence-corrected chi connectivity index (χ2v) is 3.84. The fourth-order valence-electron chi connectivity index (χ4n) is 1.87. The van der Waals surface area contributed by atoms with Gasteiger partial charge in [0, 0.05) is 13.1 Å². The number of hydrogen-bond acceptors (Lipinski definition) is 3. The van der Waals surface area contributed by atoms with Crippen molar-refractivity contribution in [2.45, 2.75) is 25.7 Å². The van der Waals surface area contributed by atoms with Gasteiger partial charge in [-0.1, -0.05) is 12.8 Å². The third kappa shape index (κ3) is 2.52. The summed E-state index contributed by atoms with van der Waals surface area (Å²) < 4.78 is 0. The van der Waals surface area contributed by atoms with E-state index in [1.165, 1.54) is 19.0 Å². The van der Waals surface area contributed by atoms with Gasteiger partial charge < -0.3 is 4.90 Å². The lowest BCUT2D eigenvalue weighted by Gasteiger charge is -2.19. The summed E-state index contributed by atoms with van der Waals surface area (Å²) in [5.74, 6) is 0.0896. The van der Waals surface area contributed by atoms with Crippen molar-refractivity contribution in [1.29, 1.82) is 0 Å². The molecule has 1 aromatic heterocycles. The van der Waals surface area contributed by atoms with Crippen LogP contribution in [0.1, 0.15) is 36.0 Å². The van der Waals surface area contributed by atoms with Gasteiger partial charge in [-0.25, -0.2) is 0 Å². The largest absolute Gasteiger partial charge is 0.339 e. The third-order valence-electron chi connectivity index (χ3n) is 2.72. The highest BCUT2D eigenvalue weighted by atomic mass is 16.2. The molecule has 80 valence electrons. The van der Waals surface area contributed by atoms with E-state index in [1.54, 1.807) is 12.3 Å². The standard InChI is InChI=1S/C11H15N3O/c15-11(10-5-6-12-13-9-10)14-7-3-1-2-4-8-14/h5-6,9H,1-4,7-8H2. The number of nitrogens with zero attached hydrogens (tertiary/aromatic N) is 3. The molecule has 0 N–H and O–H groups in total. The summed E-state index contributed by atoms with van der Waals surface area (Å²) in [4.78, 5) is 13.9. The molecule has 0 aromatic carbocycles. The Morgan fingerprint density at radius 3 is 2.47 bits per heavy atom. The zero-order chi connectivity index (χ0) is 10.5. The van der Waals surface area contributed by atoms with Crippen LogP contribution in [0.25, 0.3) is 0 Å². The molecule has 2 heterocycles. The summed E-state index contributed by atoms with van der Waals surface area (Å²) in [6.07, 6.45) is 7.80. The number of amides is 1. The minimum Gasteiger partial charge on any atom is -0.339 e. The van der Waals surface area contributed by atoms with Crippen LogP contribution in [0.5, 0.6) is 0 Å². The van der Waals surface area contributed by atoms with Crippen molar-refractivity contribution < 1.29 is 4.79 Å². The van der Waals surface area contributed by atoms with Gasteiger partial charge in [0.05, 0.1) is 18.0 Å². The zero-order valence-electron chi connectivity index (χ0n) is 8.72. The summed E-state index contributed by atoms with van der Waals surface area (Å²) in [6.45, 7) is 1.75. The minimum absolute atomic E-state index is 0.0896. The fourth-order valence-corrected chi connectivity index (χ4v) is 1.87. The van der Waals surface area contributed by atoms with Gasteiger partial charge >= 0.3 is 0 Å². The first-order valence-electron chi connectivity index (χ1n) is 5.44. The summed E-state index contributed by atoms with van der Waals surface area (Å²) in [5.41, 5.74) is 0.645. The molecule has 0 bridgehead atoms. The number of likely N-dealkylation sites (tertiary alicyclic amines) is 1. The van der Waals surface area contributed by atoms with E-state index >= 15 is 0 Å². The average molecular weight is 205 g/mol. The molecule has 0 atom stereocenters. The summed E-state index contributed by atoms with van der Waals surface area (Å²) in [6, 6.07) is 1.72. The Morgan fingerprint density at radius 1 is 1.13 bits per heavy atom. The van der Waals surface area contributed by atoms with Gasteiger partial charge in [-0.15, -0.1) is 0 Å². The van der Waals surface area contributed by atoms with E-state index in [-0.39, 0.29) is 5.91 Å². The maximum atomic E-state index is 12.0. The van der Waals surface area contributed by atoms with Gasteiger partial charge in [-0.3, -0.25) is 4.79 Å². The third-order valence-corrected chi connectivity index (χ3v) is 2.72. The lowest BCUT2D eigenvalue weighted by atomic mass is 10.2.